The summed E-state index contributed by atoms with van der Waals surface area (Å²) in [4.78, 5) is 6.52. The molecule has 114 valence electrons. The lowest BCUT2D eigenvalue weighted by molar-refractivity contribution is 0.296. The molecule has 0 amide bonds. The van der Waals surface area contributed by atoms with Gasteiger partial charge in [0.2, 0.25) is 0 Å². The maximum Gasteiger partial charge on any atom is 0.190 e. The molecule has 0 bridgehead atoms. The summed E-state index contributed by atoms with van der Waals surface area (Å²) in [5.41, 5.74) is 2.64. The maximum absolute atomic E-state index is 4.11. The van der Waals surface area contributed by atoms with E-state index in [1.54, 1.807) is 7.05 Å². The Morgan fingerprint density at radius 1 is 1.20 bits per heavy atom. The Bertz CT molecular complexity index is 403. The summed E-state index contributed by atoms with van der Waals surface area (Å²) in [6.45, 7) is 8.38. The maximum atomic E-state index is 4.11. The summed E-state index contributed by atoms with van der Waals surface area (Å²) in [7, 11) is 3.64. The molecule has 1 rings (SSSR count). The summed E-state index contributed by atoms with van der Waals surface area (Å²) in [6, 6.07) is 8.71. The molecule has 1 aromatic rings. The number of hydrogen-bond donors (Lipinski definition) is 2. The van der Waals surface area contributed by atoms with Crippen molar-refractivity contribution >= 4 is 29.9 Å². The third kappa shape index (κ3) is 6.56. The second kappa shape index (κ2) is 10.9. The Hall–Kier alpha value is -0.820. The Labute approximate surface area is 140 Å². The second-order valence-electron chi connectivity index (χ2n) is 4.46. The highest BCUT2D eigenvalue weighted by Crippen LogP contribution is 2.08. The molecule has 0 aliphatic heterocycles. The molecule has 0 aromatic heterocycles. The van der Waals surface area contributed by atoms with Crippen LogP contribution in [-0.4, -0.2) is 38.0 Å². The van der Waals surface area contributed by atoms with Gasteiger partial charge < -0.3 is 10.6 Å². The fraction of sp³-hybridized carbons (Fsp3) is 0.533. The summed E-state index contributed by atoms with van der Waals surface area (Å²) in [5.74, 6) is 0.814. The molecule has 0 fully saturated rings. The number of halogens is 1. The van der Waals surface area contributed by atoms with Gasteiger partial charge in [-0.15, -0.1) is 24.0 Å². The Morgan fingerprint density at radius 2 is 1.85 bits per heavy atom. The van der Waals surface area contributed by atoms with Crippen LogP contribution >= 0.6 is 24.0 Å². The number of aliphatic imine (C=N–C) groups is 1. The van der Waals surface area contributed by atoms with E-state index in [2.05, 4.69) is 58.6 Å². The average molecular weight is 390 g/mol. The van der Waals surface area contributed by atoms with E-state index in [0.29, 0.717) is 0 Å². The summed E-state index contributed by atoms with van der Waals surface area (Å²) < 4.78 is 0. The van der Waals surface area contributed by atoms with Gasteiger partial charge in [0.25, 0.3) is 0 Å². The van der Waals surface area contributed by atoms with Gasteiger partial charge in [-0.05, 0) is 24.2 Å². The minimum atomic E-state index is 0. The first-order valence-electron chi connectivity index (χ1n) is 6.92. The lowest BCUT2D eigenvalue weighted by Gasteiger charge is -2.18. The predicted octanol–water partition coefficient (Wildman–Crippen LogP) is 2.44. The smallest absolute Gasteiger partial charge is 0.190 e. The van der Waals surface area contributed by atoms with Crippen LogP contribution in [0, 0.1) is 0 Å². The molecule has 0 spiro atoms. The molecule has 0 aliphatic carbocycles. The van der Waals surface area contributed by atoms with Gasteiger partial charge in [-0.3, -0.25) is 9.89 Å². The first kappa shape index (κ1) is 19.2. The standard InChI is InChI=1S/C15H26N4.HI/c1-5-19(6-2)12-14-9-7-8-13(10-14)11-18-15(16-3)17-4;/h7-10H,5-6,11-12H2,1-4H3,(H2,16,17,18);1H. The van der Waals surface area contributed by atoms with Gasteiger partial charge in [0.05, 0.1) is 0 Å². The van der Waals surface area contributed by atoms with E-state index >= 15 is 0 Å². The molecule has 0 saturated carbocycles. The van der Waals surface area contributed by atoms with Crippen molar-refractivity contribution in [3.8, 4) is 0 Å². The molecule has 2 N–H and O–H groups in total. The van der Waals surface area contributed by atoms with Crippen molar-refractivity contribution in [3.05, 3.63) is 35.4 Å². The number of benzene rings is 1. The van der Waals surface area contributed by atoms with Crippen molar-refractivity contribution in [1.82, 2.24) is 15.5 Å². The van der Waals surface area contributed by atoms with Crippen LogP contribution in [0.25, 0.3) is 0 Å². The third-order valence-electron chi connectivity index (χ3n) is 3.21. The summed E-state index contributed by atoms with van der Waals surface area (Å²) in [5, 5.41) is 6.29. The molecule has 1 aromatic carbocycles. The zero-order chi connectivity index (χ0) is 14.1. The highest BCUT2D eigenvalue weighted by molar-refractivity contribution is 14.0. The van der Waals surface area contributed by atoms with Crippen LogP contribution in [-0.2, 0) is 13.1 Å². The van der Waals surface area contributed by atoms with E-state index in [9.17, 15) is 0 Å². The fourth-order valence-electron chi connectivity index (χ4n) is 2.01. The second-order valence-corrected chi connectivity index (χ2v) is 4.46. The molecular weight excluding hydrogens is 363 g/mol. The van der Waals surface area contributed by atoms with E-state index in [4.69, 9.17) is 0 Å². The van der Waals surface area contributed by atoms with Crippen LogP contribution in [0.5, 0.6) is 0 Å². The largest absolute Gasteiger partial charge is 0.359 e. The SMILES string of the molecule is CCN(CC)Cc1cccc(CNC(=NC)NC)c1.I. The van der Waals surface area contributed by atoms with Crippen LogP contribution < -0.4 is 10.6 Å². The molecule has 0 aliphatic rings. The molecule has 0 radical (unpaired) electrons. The van der Waals surface area contributed by atoms with Gasteiger partial charge in [0.15, 0.2) is 5.96 Å². The van der Waals surface area contributed by atoms with Gasteiger partial charge in [-0.25, -0.2) is 0 Å². The Kier molecular flexibility index (Phi) is 10.5. The molecule has 0 saturated heterocycles. The van der Waals surface area contributed by atoms with Gasteiger partial charge in [0, 0.05) is 27.2 Å². The van der Waals surface area contributed by atoms with Crippen LogP contribution in [0.3, 0.4) is 0 Å². The Balaban J connectivity index is 0.00000361. The van der Waals surface area contributed by atoms with E-state index in [1.807, 2.05) is 7.05 Å². The highest BCUT2D eigenvalue weighted by Gasteiger charge is 2.02. The van der Waals surface area contributed by atoms with E-state index < -0.39 is 0 Å². The van der Waals surface area contributed by atoms with Crippen LogP contribution in [0.1, 0.15) is 25.0 Å². The number of nitrogens with one attached hydrogen (secondary N) is 2. The van der Waals surface area contributed by atoms with Crippen molar-refractivity contribution in [3.63, 3.8) is 0 Å². The number of nitrogens with zero attached hydrogens (tertiary/aromatic N) is 2. The van der Waals surface area contributed by atoms with E-state index in [1.165, 1.54) is 11.1 Å². The molecule has 0 atom stereocenters. The average Bonchev–Trinajstić information content (AvgIpc) is 2.46. The zero-order valence-corrected chi connectivity index (χ0v) is 15.3. The van der Waals surface area contributed by atoms with E-state index in [0.717, 1.165) is 32.1 Å². The minimum Gasteiger partial charge on any atom is -0.359 e. The normalized spacial score (nSPS) is 11.2. The number of rotatable bonds is 6. The lowest BCUT2D eigenvalue weighted by atomic mass is 10.1. The molecule has 5 heteroatoms. The van der Waals surface area contributed by atoms with Gasteiger partial charge in [-0.1, -0.05) is 38.1 Å². The van der Waals surface area contributed by atoms with Crippen molar-refractivity contribution in [2.75, 3.05) is 27.2 Å². The molecular formula is C15H27IN4. The van der Waals surface area contributed by atoms with Crippen LogP contribution in [0.4, 0.5) is 0 Å². The predicted molar refractivity (Wildman–Crippen MR) is 97.7 cm³/mol. The monoisotopic (exact) mass is 390 g/mol. The summed E-state index contributed by atoms with van der Waals surface area (Å²) in [6.07, 6.45) is 0. The molecule has 0 unspecified atom stereocenters. The lowest BCUT2D eigenvalue weighted by Crippen LogP contribution is -2.34. The number of hydrogen-bond acceptors (Lipinski definition) is 2. The van der Waals surface area contributed by atoms with Crippen molar-refractivity contribution < 1.29 is 0 Å². The third-order valence-corrected chi connectivity index (χ3v) is 3.21. The number of guanidine groups is 1. The van der Waals surface area contributed by atoms with Gasteiger partial charge in [-0.2, -0.15) is 0 Å². The van der Waals surface area contributed by atoms with Crippen molar-refractivity contribution in [2.45, 2.75) is 26.9 Å². The molecule has 20 heavy (non-hydrogen) atoms. The highest BCUT2D eigenvalue weighted by atomic mass is 127. The first-order valence-corrected chi connectivity index (χ1v) is 6.92. The quantitative estimate of drug-likeness (QED) is 0.445. The van der Waals surface area contributed by atoms with E-state index in [-0.39, 0.29) is 24.0 Å². The summed E-state index contributed by atoms with van der Waals surface area (Å²) >= 11 is 0. The molecule has 0 heterocycles. The van der Waals surface area contributed by atoms with Crippen LogP contribution in [0.2, 0.25) is 0 Å². The van der Waals surface area contributed by atoms with Gasteiger partial charge in [0.1, 0.15) is 0 Å². The minimum absolute atomic E-state index is 0. The van der Waals surface area contributed by atoms with Gasteiger partial charge >= 0.3 is 0 Å². The topological polar surface area (TPSA) is 39.7 Å². The van der Waals surface area contributed by atoms with Crippen LogP contribution in [0.15, 0.2) is 29.3 Å². The first-order chi connectivity index (χ1) is 9.23. The van der Waals surface area contributed by atoms with Crippen molar-refractivity contribution in [1.29, 1.82) is 0 Å². The zero-order valence-electron chi connectivity index (χ0n) is 12.9. The van der Waals surface area contributed by atoms with Crippen molar-refractivity contribution in [2.24, 2.45) is 4.99 Å². The Morgan fingerprint density at radius 3 is 2.40 bits per heavy atom. The molecule has 4 nitrogen and oxygen atoms in total. The fourth-order valence-corrected chi connectivity index (χ4v) is 2.01.